The molecule has 1 aromatic carbocycles. The molecule has 4 nitrogen and oxygen atoms in total. The van der Waals surface area contributed by atoms with Crippen LogP contribution in [0.5, 0.6) is 0 Å². The summed E-state index contributed by atoms with van der Waals surface area (Å²) in [6.07, 6.45) is 0. The van der Waals surface area contributed by atoms with Crippen molar-refractivity contribution in [2.75, 3.05) is 32.7 Å². The quantitative estimate of drug-likeness (QED) is 0.838. The summed E-state index contributed by atoms with van der Waals surface area (Å²) < 4.78 is 13.4. The van der Waals surface area contributed by atoms with Gasteiger partial charge in [0, 0.05) is 48.3 Å². The predicted molar refractivity (Wildman–Crippen MR) is 76.6 cm³/mol. The SMILES string of the molecule is Cc1[nH]c2ccc(F)cc2c1C(=O)CN1CCNCC1. The minimum absolute atomic E-state index is 0.0567. The second-order valence-electron chi connectivity index (χ2n) is 5.26. The Bertz CT molecular complexity index is 644. The van der Waals surface area contributed by atoms with Gasteiger partial charge in [-0.2, -0.15) is 0 Å². The molecule has 106 valence electrons. The Kier molecular flexibility index (Phi) is 3.54. The van der Waals surface area contributed by atoms with Crippen molar-refractivity contribution in [3.63, 3.8) is 0 Å². The first-order chi connectivity index (χ1) is 9.65. The van der Waals surface area contributed by atoms with Crippen molar-refractivity contribution in [3.8, 4) is 0 Å². The summed E-state index contributed by atoms with van der Waals surface area (Å²) >= 11 is 0. The fourth-order valence-corrected chi connectivity index (χ4v) is 2.81. The van der Waals surface area contributed by atoms with E-state index in [1.165, 1.54) is 12.1 Å². The highest BCUT2D eigenvalue weighted by Crippen LogP contribution is 2.23. The minimum atomic E-state index is -0.312. The molecule has 1 aromatic heterocycles. The number of aromatic nitrogens is 1. The molecule has 1 aliphatic heterocycles. The highest BCUT2D eigenvalue weighted by atomic mass is 19.1. The molecule has 5 heteroatoms. The van der Waals surface area contributed by atoms with E-state index in [1.807, 2.05) is 6.92 Å². The zero-order chi connectivity index (χ0) is 14.1. The molecule has 0 amide bonds. The number of carbonyl (C=O) groups excluding carboxylic acids is 1. The number of fused-ring (bicyclic) bond motifs is 1. The van der Waals surface area contributed by atoms with Crippen molar-refractivity contribution in [1.82, 2.24) is 15.2 Å². The number of Topliss-reactive ketones (excluding diaryl/α,β-unsaturated/α-hetero) is 1. The highest BCUT2D eigenvalue weighted by Gasteiger charge is 2.20. The number of rotatable bonds is 3. The van der Waals surface area contributed by atoms with Gasteiger partial charge in [0.25, 0.3) is 0 Å². The molecule has 0 spiro atoms. The molecule has 0 atom stereocenters. The monoisotopic (exact) mass is 275 g/mol. The largest absolute Gasteiger partial charge is 0.358 e. The van der Waals surface area contributed by atoms with E-state index in [4.69, 9.17) is 0 Å². The van der Waals surface area contributed by atoms with Crippen molar-refractivity contribution < 1.29 is 9.18 Å². The maximum Gasteiger partial charge on any atom is 0.179 e. The first-order valence-electron chi connectivity index (χ1n) is 6.89. The summed E-state index contributed by atoms with van der Waals surface area (Å²) in [5.41, 5.74) is 2.25. The number of hydrogen-bond donors (Lipinski definition) is 2. The standard InChI is InChI=1S/C15H18FN3O/c1-10-15(12-8-11(16)2-3-13(12)18-10)14(20)9-19-6-4-17-5-7-19/h2-3,8,17-18H,4-7,9H2,1H3. The third kappa shape index (κ3) is 2.46. The molecule has 2 heterocycles. The molecule has 3 rings (SSSR count). The number of hydrogen-bond acceptors (Lipinski definition) is 3. The van der Waals surface area contributed by atoms with Gasteiger partial charge in [-0.05, 0) is 25.1 Å². The fraction of sp³-hybridized carbons (Fsp3) is 0.400. The van der Waals surface area contributed by atoms with E-state index in [0.29, 0.717) is 17.5 Å². The third-order valence-corrected chi connectivity index (χ3v) is 3.80. The molecule has 0 bridgehead atoms. The van der Waals surface area contributed by atoms with Crippen LogP contribution in [0.15, 0.2) is 18.2 Å². The maximum atomic E-state index is 13.4. The molecular weight excluding hydrogens is 257 g/mol. The first-order valence-corrected chi connectivity index (χ1v) is 6.89. The van der Waals surface area contributed by atoms with Crippen molar-refractivity contribution in [2.45, 2.75) is 6.92 Å². The van der Waals surface area contributed by atoms with Gasteiger partial charge in [-0.3, -0.25) is 9.69 Å². The van der Waals surface area contributed by atoms with Crippen molar-refractivity contribution in [2.24, 2.45) is 0 Å². The van der Waals surface area contributed by atoms with E-state index in [-0.39, 0.29) is 11.6 Å². The minimum Gasteiger partial charge on any atom is -0.358 e. The van der Waals surface area contributed by atoms with Crippen LogP contribution in [0.4, 0.5) is 4.39 Å². The highest BCUT2D eigenvalue weighted by molar-refractivity contribution is 6.10. The Labute approximate surface area is 117 Å². The average Bonchev–Trinajstić information content (AvgIpc) is 2.75. The number of piperazine rings is 1. The van der Waals surface area contributed by atoms with Crippen LogP contribution in [0.1, 0.15) is 16.1 Å². The van der Waals surface area contributed by atoms with Crippen LogP contribution in [-0.4, -0.2) is 48.4 Å². The molecule has 1 aliphatic rings. The summed E-state index contributed by atoms with van der Waals surface area (Å²) in [4.78, 5) is 17.8. The van der Waals surface area contributed by atoms with E-state index >= 15 is 0 Å². The second kappa shape index (κ2) is 5.34. The second-order valence-corrected chi connectivity index (χ2v) is 5.26. The van der Waals surface area contributed by atoms with E-state index < -0.39 is 0 Å². The van der Waals surface area contributed by atoms with E-state index in [0.717, 1.165) is 37.4 Å². The summed E-state index contributed by atoms with van der Waals surface area (Å²) in [7, 11) is 0. The molecule has 0 radical (unpaired) electrons. The molecule has 1 saturated heterocycles. The van der Waals surface area contributed by atoms with E-state index in [1.54, 1.807) is 6.07 Å². The lowest BCUT2D eigenvalue weighted by atomic mass is 10.1. The van der Waals surface area contributed by atoms with Gasteiger partial charge in [0.2, 0.25) is 0 Å². The Morgan fingerprint density at radius 2 is 2.10 bits per heavy atom. The molecule has 0 aliphatic carbocycles. The zero-order valence-corrected chi connectivity index (χ0v) is 11.5. The number of aromatic amines is 1. The number of aryl methyl sites for hydroxylation is 1. The number of nitrogens with zero attached hydrogens (tertiary/aromatic N) is 1. The van der Waals surface area contributed by atoms with Crippen LogP contribution in [-0.2, 0) is 0 Å². The van der Waals surface area contributed by atoms with Crippen molar-refractivity contribution >= 4 is 16.7 Å². The van der Waals surface area contributed by atoms with Gasteiger partial charge in [-0.25, -0.2) is 4.39 Å². The Morgan fingerprint density at radius 1 is 1.35 bits per heavy atom. The number of halogens is 1. The lowest BCUT2D eigenvalue weighted by Crippen LogP contribution is -2.45. The first kappa shape index (κ1) is 13.3. The van der Waals surface area contributed by atoms with Gasteiger partial charge in [0.05, 0.1) is 6.54 Å². The topological polar surface area (TPSA) is 48.1 Å². The lowest BCUT2D eigenvalue weighted by Gasteiger charge is -2.26. The van der Waals surface area contributed by atoms with Crippen LogP contribution in [0.2, 0.25) is 0 Å². The van der Waals surface area contributed by atoms with Crippen LogP contribution in [0.3, 0.4) is 0 Å². The van der Waals surface area contributed by atoms with Gasteiger partial charge in [0.1, 0.15) is 5.82 Å². The smallest absolute Gasteiger partial charge is 0.179 e. The summed E-state index contributed by atoms with van der Waals surface area (Å²) in [5, 5.41) is 3.95. The van der Waals surface area contributed by atoms with Crippen LogP contribution >= 0.6 is 0 Å². The van der Waals surface area contributed by atoms with Gasteiger partial charge in [-0.1, -0.05) is 0 Å². The number of carbonyl (C=O) groups is 1. The molecular formula is C15H18FN3O. The maximum absolute atomic E-state index is 13.4. The predicted octanol–water partition coefficient (Wildman–Crippen LogP) is 1.70. The molecule has 2 aromatic rings. The number of nitrogens with one attached hydrogen (secondary N) is 2. The lowest BCUT2D eigenvalue weighted by molar-refractivity contribution is 0.0922. The molecule has 1 fully saturated rings. The average molecular weight is 275 g/mol. The third-order valence-electron chi connectivity index (χ3n) is 3.80. The van der Waals surface area contributed by atoms with Gasteiger partial charge in [0.15, 0.2) is 5.78 Å². The summed E-state index contributed by atoms with van der Waals surface area (Å²) in [6, 6.07) is 4.52. The van der Waals surface area contributed by atoms with E-state index in [9.17, 15) is 9.18 Å². The molecule has 20 heavy (non-hydrogen) atoms. The van der Waals surface area contributed by atoms with E-state index in [2.05, 4.69) is 15.2 Å². The van der Waals surface area contributed by atoms with Crippen molar-refractivity contribution in [1.29, 1.82) is 0 Å². The van der Waals surface area contributed by atoms with Crippen LogP contribution in [0.25, 0.3) is 10.9 Å². The fourth-order valence-electron chi connectivity index (χ4n) is 2.81. The summed E-state index contributed by atoms with van der Waals surface area (Å²) in [5.74, 6) is -0.256. The van der Waals surface area contributed by atoms with Crippen LogP contribution < -0.4 is 5.32 Å². The van der Waals surface area contributed by atoms with Gasteiger partial charge < -0.3 is 10.3 Å². The molecule has 0 saturated carbocycles. The Hall–Kier alpha value is -1.72. The Morgan fingerprint density at radius 3 is 2.85 bits per heavy atom. The normalized spacial score (nSPS) is 16.7. The zero-order valence-electron chi connectivity index (χ0n) is 11.5. The van der Waals surface area contributed by atoms with Crippen molar-refractivity contribution in [3.05, 3.63) is 35.3 Å². The number of benzene rings is 1. The Balaban J connectivity index is 1.90. The van der Waals surface area contributed by atoms with Gasteiger partial charge >= 0.3 is 0 Å². The van der Waals surface area contributed by atoms with Crippen LogP contribution in [0, 0.1) is 12.7 Å². The number of H-pyrrole nitrogens is 1. The molecule has 2 N–H and O–H groups in total. The number of ketones is 1. The summed E-state index contributed by atoms with van der Waals surface area (Å²) in [6.45, 7) is 5.83. The van der Waals surface area contributed by atoms with Gasteiger partial charge in [-0.15, -0.1) is 0 Å². The molecule has 0 unspecified atom stereocenters.